The lowest BCUT2D eigenvalue weighted by Gasteiger charge is -2.08. The number of halogens is 2. The largest absolute Gasteiger partial charge is 0.439 e. The Morgan fingerprint density at radius 3 is 2.78 bits per heavy atom. The van der Waals surface area contributed by atoms with Gasteiger partial charge in [-0.25, -0.2) is 9.37 Å². The Bertz CT molecular complexity index is 602. The summed E-state index contributed by atoms with van der Waals surface area (Å²) in [5.74, 6) is 0.294. The van der Waals surface area contributed by atoms with E-state index in [4.69, 9.17) is 4.74 Å². The minimum Gasteiger partial charge on any atom is -0.439 e. The summed E-state index contributed by atoms with van der Waals surface area (Å²) in [6.45, 7) is 1.77. The van der Waals surface area contributed by atoms with Crippen molar-refractivity contribution in [3.05, 3.63) is 51.9 Å². The molecule has 0 unspecified atom stereocenters. The van der Waals surface area contributed by atoms with Crippen molar-refractivity contribution in [3.8, 4) is 11.6 Å². The van der Waals surface area contributed by atoms with Crippen molar-refractivity contribution in [1.29, 1.82) is 0 Å². The number of carbonyl (C=O) groups excluding carboxylic acids is 1. The first-order chi connectivity index (χ1) is 8.60. The third-order valence-corrected chi connectivity index (χ3v) is 2.94. The fourth-order valence-corrected chi connectivity index (χ4v) is 1.65. The molecule has 0 bridgehead atoms. The van der Waals surface area contributed by atoms with Gasteiger partial charge in [-0.1, -0.05) is 0 Å². The molecule has 0 amide bonds. The molecule has 0 atom stereocenters. The van der Waals surface area contributed by atoms with Crippen LogP contribution in [0.2, 0.25) is 0 Å². The second-order valence-electron chi connectivity index (χ2n) is 3.69. The van der Waals surface area contributed by atoms with Gasteiger partial charge in [0.2, 0.25) is 5.88 Å². The highest BCUT2D eigenvalue weighted by Gasteiger charge is 2.06. The number of aromatic nitrogens is 1. The standard InChI is InChI=1S/C13H9BrFNO2/c1-8-4-9(7-17)6-16-13(8)18-10-2-3-11(14)12(15)5-10/h2-7H,1H3. The van der Waals surface area contributed by atoms with Gasteiger partial charge in [0.25, 0.3) is 0 Å². The zero-order chi connectivity index (χ0) is 13.1. The van der Waals surface area contributed by atoms with E-state index in [1.807, 2.05) is 0 Å². The number of rotatable bonds is 3. The molecule has 92 valence electrons. The quantitative estimate of drug-likeness (QED) is 0.807. The smallest absolute Gasteiger partial charge is 0.222 e. The predicted molar refractivity (Wildman–Crippen MR) is 68.5 cm³/mol. The second kappa shape index (κ2) is 5.27. The van der Waals surface area contributed by atoms with E-state index in [2.05, 4.69) is 20.9 Å². The molecule has 0 spiro atoms. The molecule has 0 fully saturated rings. The highest BCUT2D eigenvalue weighted by atomic mass is 79.9. The number of nitrogens with zero attached hydrogens (tertiary/aromatic N) is 1. The Morgan fingerprint density at radius 2 is 2.17 bits per heavy atom. The van der Waals surface area contributed by atoms with Crippen molar-refractivity contribution in [1.82, 2.24) is 4.98 Å². The van der Waals surface area contributed by atoms with Gasteiger partial charge in [0.05, 0.1) is 4.47 Å². The predicted octanol–water partition coefficient (Wildman–Crippen LogP) is 3.90. The first-order valence-electron chi connectivity index (χ1n) is 5.15. The molecule has 0 radical (unpaired) electrons. The summed E-state index contributed by atoms with van der Waals surface area (Å²) in [5.41, 5.74) is 1.18. The zero-order valence-electron chi connectivity index (χ0n) is 9.48. The van der Waals surface area contributed by atoms with Crippen molar-refractivity contribution in [2.45, 2.75) is 6.92 Å². The van der Waals surface area contributed by atoms with Crippen LogP contribution in [0.1, 0.15) is 15.9 Å². The Kier molecular flexibility index (Phi) is 3.72. The van der Waals surface area contributed by atoms with Gasteiger partial charge >= 0.3 is 0 Å². The second-order valence-corrected chi connectivity index (χ2v) is 4.54. The molecule has 3 nitrogen and oxygen atoms in total. The lowest BCUT2D eigenvalue weighted by Crippen LogP contribution is -1.94. The van der Waals surface area contributed by atoms with Gasteiger partial charge in [-0.3, -0.25) is 4.79 Å². The zero-order valence-corrected chi connectivity index (χ0v) is 11.1. The van der Waals surface area contributed by atoms with Crippen molar-refractivity contribution in [3.63, 3.8) is 0 Å². The molecular weight excluding hydrogens is 301 g/mol. The van der Waals surface area contributed by atoms with Crippen LogP contribution in [0.3, 0.4) is 0 Å². The number of hydrogen-bond donors (Lipinski definition) is 0. The summed E-state index contributed by atoms with van der Waals surface area (Å²) >= 11 is 3.06. The Morgan fingerprint density at radius 1 is 1.39 bits per heavy atom. The molecular formula is C13H9BrFNO2. The SMILES string of the molecule is Cc1cc(C=O)cnc1Oc1ccc(Br)c(F)c1. The third kappa shape index (κ3) is 2.73. The summed E-state index contributed by atoms with van der Waals surface area (Å²) in [5, 5.41) is 0. The van der Waals surface area contributed by atoms with Crippen LogP contribution < -0.4 is 4.74 Å². The van der Waals surface area contributed by atoms with Gasteiger partial charge in [0, 0.05) is 23.4 Å². The van der Waals surface area contributed by atoms with Gasteiger partial charge in [0.15, 0.2) is 6.29 Å². The molecule has 0 N–H and O–H groups in total. The lowest BCUT2D eigenvalue weighted by molar-refractivity contribution is 0.112. The summed E-state index contributed by atoms with van der Waals surface area (Å²) < 4.78 is 19.1. The van der Waals surface area contributed by atoms with Gasteiger partial charge in [-0.2, -0.15) is 0 Å². The van der Waals surface area contributed by atoms with Crippen LogP contribution in [-0.4, -0.2) is 11.3 Å². The highest BCUT2D eigenvalue weighted by Crippen LogP contribution is 2.26. The van der Waals surface area contributed by atoms with E-state index in [1.165, 1.54) is 12.3 Å². The number of hydrogen-bond acceptors (Lipinski definition) is 3. The molecule has 2 rings (SSSR count). The normalized spacial score (nSPS) is 10.2. The van der Waals surface area contributed by atoms with Crippen LogP contribution in [0.4, 0.5) is 4.39 Å². The fraction of sp³-hybridized carbons (Fsp3) is 0.0769. The maximum Gasteiger partial charge on any atom is 0.222 e. The molecule has 1 aromatic heterocycles. The van der Waals surface area contributed by atoms with Crippen molar-refractivity contribution < 1.29 is 13.9 Å². The van der Waals surface area contributed by atoms with Crippen LogP contribution in [-0.2, 0) is 0 Å². The molecule has 0 aliphatic heterocycles. The number of aldehydes is 1. The van der Waals surface area contributed by atoms with Crippen molar-refractivity contribution >= 4 is 22.2 Å². The molecule has 18 heavy (non-hydrogen) atoms. The van der Waals surface area contributed by atoms with Crippen LogP contribution in [0.15, 0.2) is 34.9 Å². The fourth-order valence-electron chi connectivity index (χ4n) is 1.41. The first-order valence-corrected chi connectivity index (χ1v) is 5.94. The van der Waals surface area contributed by atoms with E-state index in [9.17, 15) is 9.18 Å². The van der Waals surface area contributed by atoms with Gasteiger partial charge in [0.1, 0.15) is 11.6 Å². The maximum atomic E-state index is 13.3. The first kappa shape index (κ1) is 12.7. The lowest BCUT2D eigenvalue weighted by atomic mass is 10.2. The third-order valence-electron chi connectivity index (χ3n) is 2.29. The molecule has 1 heterocycles. The Labute approximate surface area is 112 Å². The minimum atomic E-state index is -0.408. The Hall–Kier alpha value is -1.75. The molecule has 2 aromatic rings. The van der Waals surface area contributed by atoms with E-state index in [0.29, 0.717) is 33.5 Å². The topological polar surface area (TPSA) is 39.2 Å². The molecule has 0 saturated heterocycles. The highest BCUT2D eigenvalue weighted by molar-refractivity contribution is 9.10. The van der Waals surface area contributed by atoms with E-state index < -0.39 is 5.82 Å². The summed E-state index contributed by atoms with van der Waals surface area (Å²) in [7, 11) is 0. The van der Waals surface area contributed by atoms with Gasteiger partial charge in [-0.05, 0) is 41.1 Å². The Balaban J connectivity index is 2.28. The van der Waals surface area contributed by atoms with E-state index in [1.54, 1.807) is 25.1 Å². The number of pyridine rings is 1. The van der Waals surface area contributed by atoms with Crippen molar-refractivity contribution in [2.24, 2.45) is 0 Å². The molecule has 0 aliphatic rings. The average Bonchev–Trinajstić information content (AvgIpc) is 2.36. The number of benzene rings is 1. The van der Waals surface area contributed by atoms with E-state index in [-0.39, 0.29) is 0 Å². The summed E-state index contributed by atoms with van der Waals surface area (Å²) in [4.78, 5) is 14.6. The van der Waals surface area contributed by atoms with E-state index in [0.717, 1.165) is 0 Å². The number of aryl methyl sites for hydroxylation is 1. The van der Waals surface area contributed by atoms with Crippen LogP contribution in [0, 0.1) is 12.7 Å². The number of ether oxygens (including phenoxy) is 1. The molecule has 5 heteroatoms. The average molecular weight is 310 g/mol. The molecule has 0 aliphatic carbocycles. The summed E-state index contributed by atoms with van der Waals surface area (Å²) in [6, 6.07) is 6.10. The maximum absolute atomic E-state index is 13.3. The van der Waals surface area contributed by atoms with Crippen molar-refractivity contribution in [2.75, 3.05) is 0 Å². The minimum absolute atomic E-state index is 0.349. The monoisotopic (exact) mass is 309 g/mol. The van der Waals surface area contributed by atoms with E-state index >= 15 is 0 Å². The number of carbonyl (C=O) groups is 1. The van der Waals surface area contributed by atoms with Gasteiger partial charge in [-0.15, -0.1) is 0 Å². The van der Waals surface area contributed by atoms with Crippen LogP contribution in [0.25, 0.3) is 0 Å². The van der Waals surface area contributed by atoms with Crippen LogP contribution >= 0.6 is 15.9 Å². The summed E-state index contributed by atoms with van der Waals surface area (Å²) in [6.07, 6.45) is 2.12. The van der Waals surface area contributed by atoms with Crippen LogP contribution in [0.5, 0.6) is 11.6 Å². The molecule has 0 saturated carbocycles. The molecule has 1 aromatic carbocycles. The van der Waals surface area contributed by atoms with Gasteiger partial charge < -0.3 is 4.74 Å².